The van der Waals surface area contributed by atoms with Gasteiger partial charge in [-0.1, -0.05) is 6.07 Å². The summed E-state index contributed by atoms with van der Waals surface area (Å²) in [4.78, 5) is 31.7. The van der Waals surface area contributed by atoms with Crippen molar-refractivity contribution in [2.75, 3.05) is 17.7 Å². The van der Waals surface area contributed by atoms with Gasteiger partial charge in [-0.3, -0.25) is 4.79 Å². The van der Waals surface area contributed by atoms with Crippen LogP contribution >= 0.6 is 0 Å². The van der Waals surface area contributed by atoms with Crippen molar-refractivity contribution >= 4 is 29.1 Å². The Labute approximate surface area is 158 Å². The molecule has 142 valence electrons. The number of benzene rings is 2. The number of hydrogen-bond donors (Lipinski definition) is 2. The molecule has 0 atom stereocenters. The van der Waals surface area contributed by atoms with Crippen LogP contribution < -0.4 is 10.6 Å². The zero-order chi connectivity index (χ0) is 20.1. The fourth-order valence-electron chi connectivity index (χ4n) is 2.28. The number of carbonyl (C=O) groups is 2. The highest BCUT2D eigenvalue weighted by atomic mass is 19.1. The van der Waals surface area contributed by atoms with Gasteiger partial charge in [0.05, 0.1) is 30.8 Å². The Kier molecular flexibility index (Phi) is 5.54. The third-order valence-corrected chi connectivity index (χ3v) is 3.62. The lowest BCUT2D eigenvalue weighted by Crippen LogP contribution is -2.15. The van der Waals surface area contributed by atoms with Gasteiger partial charge in [0.15, 0.2) is 0 Å². The van der Waals surface area contributed by atoms with Gasteiger partial charge in [-0.2, -0.15) is 0 Å². The Morgan fingerprint density at radius 2 is 1.86 bits per heavy atom. The number of rotatable bonds is 5. The van der Waals surface area contributed by atoms with Crippen LogP contribution in [-0.2, 0) is 4.74 Å². The maximum absolute atomic E-state index is 13.6. The van der Waals surface area contributed by atoms with Gasteiger partial charge < -0.3 is 15.4 Å². The topological polar surface area (TPSA) is 93.2 Å². The van der Waals surface area contributed by atoms with Crippen LogP contribution in [0.5, 0.6) is 0 Å². The molecule has 28 heavy (non-hydrogen) atoms. The van der Waals surface area contributed by atoms with Crippen LogP contribution in [0.3, 0.4) is 0 Å². The molecular formula is C19H14F2N4O3. The van der Waals surface area contributed by atoms with E-state index in [1.807, 2.05) is 0 Å². The summed E-state index contributed by atoms with van der Waals surface area (Å²) < 4.78 is 31.2. The summed E-state index contributed by atoms with van der Waals surface area (Å²) in [5.41, 5.74) is 0.702. The van der Waals surface area contributed by atoms with Gasteiger partial charge in [-0.25, -0.2) is 23.5 Å². The maximum Gasteiger partial charge on any atom is 0.337 e. The third-order valence-electron chi connectivity index (χ3n) is 3.62. The summed E-state index contributed by atoms with van der Waals surface area (Å²) in [6.45, 7) is 0. The van der Waals surface area contributed by atoms with Crippen LogP contribution in [0.4, 0.5) is 26.0 Å². The number of amides is 1. The van der Waals surface area contributed by atoms with Crippen molar-refractivity contribution in [1.29, 1.82) is 0 Å². The fourth-order valence-corrected chi connectivity index (χ4v) is 2.28. The first-order chi connectivity index (χ1) is 13.5. The molecule has 0 aliphatic heterocycles. The van der Waals surface area contributed by atoms with Crippen molar-refractivity contribution in [3.63, 3.8) is 0 Å². The van der Waals surface area contributed by atoms with Crippen molar-refractivity contribution in [1.82, 2.24) is 9.97 Å². The number of carbonyl (C=O) groups excluding carboxylic acids is 2. The van der Waals surface area contributed by atoms with E-state index < -0.39 is 23.5 Å². The second-order valence-electron chi connectivity index (χ2n) is 5.56. The first kappa shape index (κ1) is 18.9. The highest BCUT2D eigenvalue weighted by Crippen LogP contribution is 2.18. The second kappa shape index (κ2) is 8.21. The predicted molar refractivity (Wildman–Crippen MR) is 97.4 cm³/mol. The number of nitrogens with one attached hydrogen (secondary N) is 2. The van der Waals surface area contributed by atoms with Gasteiger partial charge >= 0.3 is 5.97 Å². The lowest BCUT2D eigenvalue weighted by molar-refractivity contribution is 0.0600. The molecule has 1 aromatic heterocycles. The fraction of sp³-hybridized carbons (Fsp3) is 0.0526. The van der Waals surface area contributed by atoms with Crippen LogP contribution in [-0.4, -0.2) is 29.0 Å². The molecule has 2 aromatic carbocycles. The van der Waals surface area contributed by atoms with Gasteiger partial charge in [0.1, 0.15) is 23.1 Å². The number of aromatic nitrogens is 2. The van der Waals surface area contributed by atoms with Gasteiger partial charge in [-0.05, 0) is 30.3 Å². The van der Waals surface area contributed by atoms with Crippen LogP contribution in [0.1, 0.15) is 20.8 Å². The van der Waals surface area contributed by atoms with Gasteiger partial charge in [0, 0.05) is 11.8 Å². The molecule has 3 rings (SSSR count). The summed E-state index contributed by atoms with van der Waals surface area (Å²) in [5.74, 6) is -2.49. The summed E-state index contributed by atoms with van der Waals surface area (Å²) in [6, 6.07) is 9.36. The van der Waals surface area contributed by atoms with E-state index in [0.717, 1.165) is 12.1 Å². The zero-order valence-electron chi connectivity index (χ0n) is 14.6. The molecule has 2 N–H and O–H groups in total. The quantitative estimate of drug-likeness (QED) is 0.654. The smallest absolute Gasteiger partial charge is 0.337 e. The first-order valence-corrected chi connectivity index (χ1v) is 8.00. The average molecular weight is 384 g/mol. The SMILES string of the molecule is COC(=O)c1cccc(Nc2cnc(C(=O)Nc3ccc(F)cc3F)cn2)c1. The number of halogens is 2. The molecule has 0 bridgehead atoms. The summed E-state index contributed by atoms with van der Waals surface area (Å²) in [6.07, 6.45) is 2.50. The molecule has 0 saturated carbocycles. The molecule has 0 aliphatic rings. The number of esters is 1. The Bertz CT molecular complexity index is 1030. The number of ether oxygens (including phenoxy) is 1. The molecule has 0 radical (unpaired) electrons. The molecule has 1 amide bonds. The monoisotopic (exact) mass is 384 g/mol. The molecule has 0 fully saturated rings. The number of methoxy groups -OCH3 is 1. The van der Waals surface area contributed by atoms with E-state index in [-0.39, 0.29) is 11.4 Å². The Balaban J connectivity index is 1.69. The van der Waals surface area contributed by atoms with Crippen molar-refractivity contribution in [2.24, 2.45) is 0 Å². The Morgan fingerprint density at radius 3 is 2.54 bits per heavy atom. The van der Waals surface area contributed by atoms with Crippen LogP contribution in [0.25, 0.3) is 0 Å². The molecule has 0 aliphatic carbocycles. The molecule has 1 heterocycles. The minimum absolute atomic E-state index is 0.0578. The summed E-state index contributed by atoms with van der Waals surface area (Å²) in [7, 11) is 1.29. The van der Waals surface area contributed by atoms with Gasteiger partial charge in [-0.15, -0.1) is 0 Å². The Hall–Kier alpha value is -3.88. The molecule has 0 spiro atoms. The van der Waals surface area contributed by atoms with E-state index in [1.54, 1.807) is 24.3 Å². The van der Waals surface area contributed by atoms with Crippen molar-refractivity contribution in [3.8, 4) is 0 Å². The lowest BCUT2D eigenvalue weighted by Gasteiger charge is -2.08. The second-order valence-corrected chi connectivity index (χ2v) is 5.56. The highest BCUT2D eigenvalue weighted by Gasteiger charge is 2.12. The van der Waals surface area contributed by atoms with Gasteiger partial charge in [0.2, 0.25) is 0 Å². The van der Waals surface area contributed by atoms with Crippen LogP contribution in [0, 0.1) is 11.6 Å². The predicted octanol–water partition coefficient (Wildman–Crippen LogP) is 3.54. The van der Waals surface area contributed by atoms with E-state index in [4.69, 9.17) is 0 Å². The van der Waals surface area contributed by atoms with Crippen molar-refractivity contribution < 1.29 is 23.1 Å². The van der Waals surface area contributed by atoms with E-state index >= 15 is 0 Å². The average Bonchev–Trinajstić information content (AvgIpc) is 2.70. The molecule has 7 nitrogen and oxygen atoms in total. The molecule has 0 saturated heterocycles. The van der Waals surface area contributed by atoms with Crippen molar-refractivity contribution in [3.05, 3.63) is 77.8 Å². The summed E-state index contributed by atoms with van der Waals surface area (Å²) in [5, 5.41) is 5.23. The van der Waals surface area contributed by atoms with Crippen LogP contribution in [0.15, 0.2) is 54.9 Å². The van der Waals surface area contributed by atoms with E-state index in [2.05, 4.69) is 25.3 Å². The van der Waals surface area contributed by atoms with E-state index in [1.165, 1.54) is 19.5 Å². The minimum atomic E-state index is -0.898. The first-order valence-electron chi connectivity index (χ1n) is 8.00. The largest absolute Gasteiger partial charge is 0.465 e. The molecule has 0 unspecified atom stereocenters. The zero-order valence-corrected chi connectivity index (χ0v) is 14.6. The van der Waals surface area contributed by atoms with Crippen LogP contribution in [0.2, 0.25) is 0 Å². The molecule has 9 heteroatoms. The number of anilines is 3. The maximum atomic E-state index is 13.6. The summed E-state index contributed by atoms with van der Waals surface area (Å²) >= 11 is 0. The lowest BCUT2D eigenvalue weighted by atomic mass is 10.2. The normalized spacial score (nSPS) is 10.2. The van der Waals surface area contributed by atoms with E-state index in [9.17, 15) is 18.4 Å². The highest BCUT2D eigenvalue weighted by molar-refractivity contribution is 6.02. The van der Waals surface area contributed by atoms with E-state index in [0.29, 0.717) is 23.1 Å². The Morgan fingerprint density at radius 1 is 1.04 bits per heavy atom. The minimum Gasteiger partial charge on any atom is -0.465 e. The molecular weight excluding hydrogens is 370 g/mol. The number of nitrogens with zero attached hydrogens (tertiary/aromatic N) is 2. The molecule has 3 aromatic rings. The number of hydrogen-bond acceptors (Lipinski definition) is 6. The standard InChI is InChI=1S/C19H14F2N4O3/c1-28-19(27)11-3-2-4-13(7-11)24-17-10-22-16(9-23-17)18(26)25-15-6-5-12(20)8-14(15)21/h2-10H,1H3,(H,23,24)(H,25,26). The van der Waals surface area contributed by atoms with Crippen molar-refractivity contribution in [2.45, 2.75) is 0 Å². The third kappa shape index (κ3) is 4.44. The van der Waals surface area contributed by atoms with Gasteiger partial charge in [0.25, 0.3) is 5.91 Å².